The van der Waals surface area contributed by atoms with Gasteiger partial charge in [0, 0.05) is 49.1 Å². The van der Waals surface area contributed by atoms with Gasteiger partial charge < -0.3 is 25.5 Å². The number of methoxy groups -OCH3 is 1. The lowest BCUT2D eigenvalue weighted by atomic mass is 9.61. The number of H-pyrrole nitrogens is 1. The number of benzene rings is 1. The predicted molar refractivity (Wildman–Crippen MR) is 144 cm³/mol. The van der Waals surface area contributed by atoms with Crippen molar-refractivity contribution in [1.82, 2.24) is 14.9 Å². The number of nitrogens with two attached hydrogens (primary N) is 1. The number of anilines is 1. The summed E-state index contributed by atoms with van der Waals surface area (Å²) in [6, 6.07) is 8.72. The van der Waals surface area contributed by atoms with Crippen molar-refractivity contribution in [2.45, 2.75) is 45.1 Å². The van der Waals surface area contributed by atoms with E-state index in [0.29, 0.717) is 5.82 Å². The average molecular weight is 544 g/mol. The molecule has 1 aromatic carbocycles. The number of aromatic nitrogens is 2. The number of likely N-dealkylation sites (N-methyl/N-ethyl adjacent to an activating group) is 1. The molecular formula is C28H35F2N5O4. The summed E-state index contributed by atoms with van der Waals surface area (Å²) in [6.45, 7) is 4.66. The van der Waals surface area contributed by atoms with Gasteiger partial charge in [-0.15, -0.1) is 0 Å². The fourth-order valence-electron chi connectivity index (χ4n) is 5.66. The third-order valence-corrected chi connectivity index (χ3v) is 7.63. The first-order chi connectivity index (χ1) is 18.4. The SMILES string of the molecule is CN(CC(N)=O)c1cccc(C(=O)O)n1.COc1cc(C)c2[nH]ccc2c1CN1CCC2(CC1)CC(F)(F)C2. The highest BCUT2D eigenvalue weighted by Crippen LogP contribution is 2.57. The molecule has 1 amide bonds. The van der Waals surface area contributed by atoms with E-state index in [1.807, 2.05) is 6.20 Å². The Morgan fingerprint density at radius 1 is 1.23 bits per heavy atom. The first-order valence-corrected chi connectivity index (χ1v) is 12.9. The van der Waals surface area contributed by atoms with E-state index in [-0.39, 0.29) is 30.5 Å². The zero-order valence-corrected chi connectivity index (χ0v) is 22.5. The number of aryl methyl sites for hydroxylation is 1. The van der Waals surface area contributed by atoms with Gasteiger partial charge in [0.1, 0.15) is 11.6 Å². The minimum absolute atomic E-state index is 0.00390. The molecule has 2 aromatic heterocycles. The summed E-state index contributed by atoms with van der Waals surface area (Å²) in [5.74, 6) is -2.72. The molecule has 3 aromatic rings. The van der Waals surface area contributed by atoms with Crippen LogP contribution in [0.2, 0.25) is 0 Å². The number of carboxylic acids is 1. The largest absolute Gasteiger partial charge is 0.496 e. The monoisotopic (exact) mass is 543 g/mol. The van der Waals surface area contributed by atoms with E-state index in [0.717, 1.165) is 43.7 Å². The number of carbonyl (C=O) groups is 2. The van der Waals surface area contributed by atoms with Gasteiger partial charge in [0.15, 0.2) is 5.69 Å². The number of amides is 1. The molecule has 1 aliphatic heterocycles. The van der Waals surface area contributed by atoms with Crippen LogP contribution in [0.3, 0.4) is 0 Å². The third kappa shape index (κ3) is 6.47. The van der Waals surface area contributed by atoms with Crippen LogP contribution in [0, 0.1) is 12.3 Å². The number of aromatic carboxylic acids is 1. The summed E-state index contributed by atoms with van der Waals surface area (Å²) in [4.78, 5) is 32.3. The van der Waals surface area contributed by atoms with Crippen LogP contribution in [0.1, 0.15) is 47.3 Å². The van der Waals surface area contributed by atoms with Crippen molar-refractivity contribution in [3.05, 3.63) is 53.3 Å². The molecule has 0 atom stereocenters. The number of fused-ring (bicyclic) bond motifs is 1. The van der Waals surface area contributed by atoms with Crippen molar-refractivity contribution in [1.29, 1.82) is 0 Å². The maximum atomic E-state index is 13.3. The summed E-state index contributed by atoms with van der Waals surface area (Å²) < 4.78 is 32.1. The van der Waals surface area contributed by atoms with Crippen molar-refractivity contribution in [3.8, 4) is 5.75 Å². The van der Waals surface area contributed by atoms with Crippen molar-refractivity contribution in [2.24, 2.45) is 11.1 Å². The molecule has 1 saturated heterocycles. The zero-order valence-electron chi connectivity index (χ0n) is 22.5. The Labute approximate surface area is 225 Å². The normalized spacial score (nSPS) is 17.7. The second kappa shape index (κ2) is 11.2. The number of carboxylic acid groups (broad SMARTS) is 1. The Balaban J connectivity index is 0.000000204. The van der Waals surface area contributed by atoms with Crippen LogP contribution in [0.4, 0.5) is 14.6 Å². The molecule has 39 heavy (non-hydrogen) atoms. The first-order valence-electron chi connectivity index (χ1n) is 12.9. The van der Waals surface area contributed by atoms with Crippen molar-refractivity contribution in [3.63, 3.8) is 0 Å². The second-order valence-electron chi connectivity index (χ2n) is 10.6. The Morgan fingerprint density at radius 3 is 2.51 bits per heavy atom. The predicted octanol–water partition coefficient (Wildman–Crippen LogP) is 4.20. The van der Waals surface area contributed by atoms with Gasteiger partial charge in [0.25, 0.3) is 0 Å². The van der Waals surface area contributed by atoms with E-state index in [4.69, 9.17) is 15.6 Å². The average Bonchev–Trinajstić information content (AvgIpc) is 3.36. The van der Waals surface area contributed by atoms with E-state index in [2.05, 4.69) is 33.9 Å². The van der Waals surface area contributed by atoms with Crippen LogP contribution in [0.5, 0.6) is 5.75 Å². The van der Waals surface area contributed by atoms with Crippen LogP contribution < -0.4 is 15.4 Å². The number of alkyl halides is 2. The number of nitrogens with one attached hydrogen (secondary N) is 1. The van der Waals surface area contributed by atoms with Gasteiger partial charge in [-0.05, 0) is 68.1 Å². The number of pyridine rings is 1. The molecule has 2 fully saturated rings. The van der Waals surface area contributed by atoms with Gasteiger partial charge in [-0.3, -0.25) is 9.69 Å². The number of hydrogen-bond donors (Lipinski definition) is 3. The number of carbonyl (C=O) groups excluding carboxylic acids is 1. The summed E-state index contributed by atoms with van der Waals surface area (Å²) in [6.07, 6.45) is 3.90. The molecule has 1 aliphatic carbocycles. The molecule has 1 spiro atoms. The lowest BCUT2D eigenvalue weighted by Gasteiger charge is -2.51. The highest BCUT2D eigenvalue weighted by atomic mass is 19.3. The minimum Gasteiger partial charge on any atom is -0.496 e. The molecule has 1 saturated carbocycles. The molecule has 0 bridgehead atoms. The number of halogens is 2. The Morgan fingerprint density at radius 2 is 1.92 bits per heavy atom. The standard InChI is InChI=1S/C19H24F2N2O.C9H11N3O3/c1-13-9-16(24-2)15(14-3-6-22-17(13)14)10-23-7-4-18(5-8-23)11-19(20,21)12-18;1-12(5-7(10)13)8-4-2-3-6(11-8)9(14)15/h3,6,9,22H,4-5,7-8,10-12H2,1-2H3;2-4H,5H2,1H3,(H2,10,13)(H,14,15). The number of ether oxygens (including phenoxy) is 1. The summed E-state index contributed by atoms with van der Waals surface area (Å²) >= 11 is 0. The molecule has 2 aliphatic rings. The van der Waals surface area contributed by atoms with Crippen molar-refractivity contribution in [2.75, 3.05) is 38.7 Å². The Kier molecular flexibility index (Phi) is 8.10. The molecule has 210 valence electrons. The molecule has 9 nitrogen and oxygen atoms in total. The quantitative estimate of drug-likeness (QED) is 0.408. The topological polar surface area (TPSA) is 125 Å². The Hall–Kier alpha value is -3.73. The minimum atomic E-state index is -2.42. The molecule has 3 heterocycles. The second-order valence-corrected chi connectivity index (χ2v) is 10.6. The molecular weight excluding hydrogens is 508 g/mol. The number of nitrogens with zero attached hydrogens (tertiary/aromatic N) is 3. The van der Waals surface area contributed by atoms with Gasteiger partial charge in [-0.25, -0.2) is 18.6 Å². The number of hydrogen-bond acceptors (Lipinski definition) is 6. The number of rotatable bonds is 7. The van der Waals surface area contributed by atoms with Crippen LogP contribution in [-0.4, -0.2) is 71.6 Å². The summed E-state index contributed by atoms with van der Waals surface area (Å²) in [7, 11) is 3.32. The van der Waals surface area contributed by atoms with Crippen molar-refractivity contribution >= 4 is 28.6 Å². The summed E-state index contributed by atoms with van der Waals surface area (Å²) in [5, 5.41) is 9.90. The molecule has 5 rings (SSSR count). The van der Waals surface area contributed by atoms with Gasteiger partial charge in [0.05, 0.1) is 13.7 Å². The molecule has 0 radical (unpaired) electrons. The van der Waals surface area contributed by atoms with Gasteiger partial charge in [-0.1, -0.05) is 6.07 Å². The van der Waals surface area contributed by atoms with Crippen LogP contribution in [0.25, 0.3) is 10.9 Å². The van der Waals surface area contributed by atoms with Crippen LogP contribution >= 0.6 is 0 Å². The van der Waals surface area contributed by atoms with E-state index in [1.165, 1.54) is 27.5 Å². The highest BCUT2D eigenvalue weighted by Gasteiger charge is 2.56. The molecule has 0 unspecified atom stereocenters. The van der Waals surface area contributed by atoms with Gasteiger partial charge in [0.2, 0.25) is 11.8 Å². The van der Waals surface area contributed by atoms with Crippen LogP contribution in [-0.2, 0) is 11.3 Å². The third-order valence-electron chi connectivity index (χ3n) is 7.63. The number of primary amides is 1. The van der Waals surface area contributed by atoms with Gasteiger partial charge in [-0.2, -0.15) is 0 Å². The van der Waals surface area contributed by atoms with Crippen molar-refractivity contribution < 1.29 is 28.2 Å². The number of aromatic amines is 1. The van der Waals surface area contributed by atoms with Crippen LogP contribution in [0.15, 0.2) is 36.5 Å². The molecule has 11 heteroatoms. The lowest BCUT2D eigenvalue weighted by Crippen LogP contribution is -2.52. The van der Waals surface area contributed by atoms with E-state index >= 15 is 0 Å². The van der Waals surface area contributed by atoms with Gasteiger partial charge >= 0.3 is 5.97 Å². The highest BCUT2D eigenvalue weighted by molar-refractivity contribution is 5.88. The number of piperidine rings is 1. The number of likely N-dealkylation sites (tertiary alicyclic amines) is 1. The zero-order chi connectivity index (χ0) is 28.4. The van der Waals surface area contributed by atoms with E-state index in [1.54, 1.807) is 26.3 Å². The molecule has 4 N–H and O–H groups in total. The van der Waals surface area contributed by atoms with E-state index in [9.17, 15) is 18.4 Å². The summed E-state index contributed by atoms with van der Waals surface area (Å²) in [5.41, 5.74) is 8.35. The fourth-order valence-corrected chi connectivity index (χ4v) is 5.66. The lowest BCUT2D eigenvalue weighted by molar-refractivity contribution is -0.178. The smallest absolute Gasteiger partial charge is 0.354 e. The van der Waals surface area contributed by atoms with E-state index < -0.39 is 17.8 Å². The first kappa shape index (κ1) is 28.3. The fraction of sp³-hybridized carbons (Fsp3) is 0.464. The maximum Gasteiger partial charge on any atom is 0.354 e. The maximum absolute atomic E-state index is 13.3. The Bertz CT molecular complexity index is 1340.